The van der Waals surface area contributed by atoms with E-state index >= 15 is 0 Å². The fourth-order valence-electron chi connectivity index (χ4n) is 4.58. The van der Waals surface area contributed by atoms with Crippen molar-refractivity contribution in [3.8, 4) is 5.75 Å². The summed E-state index contributed by atoms with van der Waals surface area (Å²) >= 11 is 0. The van der Waals surface area contributed by atoms with E-state index in [-0.39, 0.29) is 24.4 Å². The number of hydrogen-bond donors (Lipinski definition) is 3. The zero-order chi connectivity index (χ0) is 20.1. The molecule has 0 aliphatic heterocycles. The quantitative estimate of drug-likeness (QED) is 0.595. The third-order valence-corrected chi connectivity index (χ3v) is 6.33. The van der Waals surface area contributed by atoms with Gasteiger partial charge < -0.3 is 20.1 Å². The summed E-state index contributed by atoms with van der Waals surface area (Å²) in [5, 5.41) is 29.5. The van der Waals surface area contributed by atoms with Gasteiger partial charge in [-0.25, -0.2) is 0 Å². The van der Waals surface area contributed by atoms with Gasteiger partial charge in [-0.1, -0.05) is 48.9 Å². The van der Waals surface area contributed by atoms with Gasteiger partial charge in [-0.3, -0.25) is 4.79 Å². The molecule has 5 nitrogen and oxygen atoms in total. The SMILES string of the molecule is C[C@@]12CC[C@H](O)[C@@H](C=CC(O)COc3ccccc3)[C@@H]1CC2=CCCC(=O)O. The Morgan fingerprint density at radius 1 is 1.36 bits per heavy atom. The van der Waals surface area contributed by atoms with Gasteiger partial charge >= 0.3 is 5.97 Å². The Hall–Kier alpha value is -2.11. The summed E-state index contributed by atoms with van der Waals surface area (Å²) in [4.78, 5) is 10.7. The van der Waals surface area contributed by atoms with Crippen LogP contribution < -0.4 is 4.74 Å². The summed E-state index contributed by atoms with van der Waals surface area (Å²) in [6.45, 7) is 2.39. The topological polar surface area (TPSA) is 87.0 Å². The van der Waals surface area contributed by atoms with Gasteiger partial charge in [0.2, 0.25) is 0 Å². The molecule has 0 heterocycles. The van der Waals surface area contributed by atoms with Gasteiger partial charge in [0.1, 0.15) is 18.5 Å². The summed E-state index contributed by atoms with van der Waals surface area (Å²) in [6, 6.07) is 9.37. The monoisotopic (exact) mass is 386 g/mol. The lowest BCUT2D eigenvalue weighted by Crippen LogP contribution is -2.51. The van der Waals surface area contributed by atoms with Gasteiger partial charge in [-0.05, 0) is 49.1 Å². The molecule has 0 radical (unpaired) electrons. The second kappa shape index (κ2) is 8.93. The predicted octanol–water partition coefficient (Wildman–Crippen LogP) is 3.57. The lowest BCUT2D eigenvalue weighted by atomic mass is 9.48. The molecule has 28 heavy (non-hydrogen) atoms. The van der Waals surface area contributed by atoms with Gasteiger partial charge in [0.05, 0.1) is 6.10 Å². The third kappa shape index (κ3) is 4.65. The number of fused-ring (bicyclic) bond motifs is 1. The minimum atomic E-state index is -0.774. The highest BCUT2D eigenvalue weighted by Gasteiger charge is 2.53. The Morgan fingerprint density at radius 3 is 2.82 bits per heavy atom. The zero-order valence-corrected chi connectivity index (χ0v) is 16.3. The normalized spacial score (nSPS) is 32.0. The number of benzene rings is 1. The molecule has 0 spiro atoms. The van der Waals surface area contributed by atoms with E-state index in [0.29, 0.717) is 12.3 Å². The first-order chi connectivity index (χ1) is 13.4. The molecule has 0 bridgehead atoms. The molecule has 2 saturated carbocycles. The summed E-state index contributed by atoms with van der Waals surface area (Å²) in [5.74, 6) is 0.271. The van der Waals surface area contributed by atoms with E-state index in [9.17, 15) is 15.0 Å². The van der Waals surface area contributed by atoms with E-state index in [1.807, 2.05) is 36.4 Å². The molecule has 3 N–H and O–H groups in total. The number of carboxylic acids is 1. The fraction of sp³-hybridized carbons (Fsp3) is 0.522. The Labute approximate surface area is 166 Å². The molecule has 1 aromatic carbocycles. The number of carboxylic acid groups (broad SMARTS) is 1. The van der Waals surface area contributed by atoms with Crippen LogP contribution in [0.1, 0.15) is 39.0 Å². The summed E-state index contributed by atoms with van der Waals surface area (Å²) in [6.07, 6.45) is 7.86. The molecule has 0 aromatic heterocycles. The first-order valence-electron chi connectivity index (χ1n) is 10.0. The van der Waals surface area contributed by atoms with Crippen LogP contribution in [0.5, 0.6) is 5.75 Å². The number of carbonyl (C=O) groups is 1. The lowest BCUT2D eigenvalue weighted by molar-refractivity contribution is -0.136. The predicted molar refractivity (Wildman–Crippen MR) is 107 cm³/mol. The van der Waals surface area contributed by atoms with Gasteiger partial charge in [-0.15, -0.1) is 0 Å². The minimum Gasteiger partial charge on any atom is -0.491 e. The van der Waals surface area contributed by atoms with Crippen LogP contribution in [-0.2, 0) is 4.79 Å². The molecule has 1 unspecified atom stereocenters. The van der Waals surface area contributed by atoms with Gasteiger partial charge in [0, 0.05) is 12.3 Å². The Bertz CT molecular complexity index is 726. The molecular weight excluding hydrogens is 356 g/mol. The average molecular weight is 386 g/mol. The first kappa shape index (κ1) is 20.6. The van der Waals surface area contributed by atoms with Crippen LogP contribution in [0.25, 0.3) is 0 Å². The Kier molecular flexibility index (Phi) is 6.57. The van der Waals surface area contributed by atoms with Crippen molar-refractivity contribution in [3.63, 3.8) is 0 Å². The number of para-hydroxylation sites is 1. The first-order valence-corrected chi connectivity index (χ1v) is 10.0. The van der Waals surface area contributed by atoms with Crippen LogP contribution in [0, 0.1) is 17.3 Å². The van der Waals surface area contributed by atoms with E-state index in [4.69, 9.17) is 9.84 Å². The summed E-state index contributed by atoms with van der Waals surface area (Å²) in [5.41, 5.74) is 1.34. The van der Waals surface area contributed by atoms with E-state index < -0.39 is 18.2 Å². The van der Waals surface area contributed by atoms with Crippen molar-refractivity contribution < 1.29 is 24.9 Å². The number of aliphatic carboxylic acids is 1. The third-order valence-electron chi connectivity index (χ3n) is 6.33. The molecular formula is C23H30O5. The second-order valence-corrected chi connectivity index (χ2v) is 8.15. The molecule has 0 saturated heterocycles. The van der Waals surface area contributed by atoms with Crippen LogP contribution in [0.15, 0.2) is 54.1 Å². The van der Waals surface area contributed by atoms with Crippen molar-refractivity contribution in [2.75, 3.05) is 6.61 Å². The van der Waals surface area contributed by atoms with Gasteiger partial charge in [-0.2, -0.15) is 0 Å². The molecule has 152 valence electrons. The number of rotatable bonds is 8. The van der Waals surface area contributed by atoms with Gasteiger partial charge in [0.15, 0.2) is 0 Å². The van der Waals surface area contributed by atoms with E-state index in [1.165, 1.54) is 5.57 Å². The molecule has 2 aliphatic carbocycles. The van der Waals surface area contributed by atoms with Gasteiger partial charge in [0.25, 0.3) is 0 Å². The molecule has 2 aliphatic rings. The van der Waals surface area contributed by atoms with Crippen LogP contribution >= 0.6 is 0 Å². The van der Waals surface area contributed by atoms with Crippen LogP contribution in [-0.4, -0.2) is 40.1 Å². The van der Waals surface area contributed by atoms with Crippen molar-refractivity contribution in [1.29, 1.82) is 0 Å². The summed E-state index contributed by atoms with van der Waals surface area (Å²) in [7, 11) is 0. The standard InChI is InChI=1S/C23H30O5/c1-23-13-12-21(25)19(20(23)14-16(23)6-5-9-22(26)27)11-10-17(24)15-28-18-7-3-2-4-8-18/h2-4,6-8,10-11,17,19-21,24-25H,5,9,12-15H2,1H3,(H,26,27)/t17?,19-,20-,21-,23-/m0/s1. The highest BCUT2D eigenvalue weighted by Crippen LogP contribution is 2.61. The van der Waals surface area contributed by atoms with Crippen LogP contribution in [0.3, 0.4) is 0 Å². The minimum absolute atomic E-state index is 0.00162. The Morgan fingerprint density at radius 2 is 2.11 bits per heavy atom. The van der Waals surface area contributed by atoms with Crippen molar-refractivity contribution in [2.24, 2.45) is 17.3 Å². The lowest BCUT2D eigenvalue weighted by Gasteiger charge is -2.57. The van der Waals surface area contributed by atoms with E-state index in [1.54, 1.807) is 6.08 Å². The Balaban J connectivity index is 1.57. The van der Waals surface area contributed by atoms with E-state index in [0.717, 1.165) is 25.0 Å². The molecule has 1 aromatic rings. The second-order valence-electron chi connectivity index (χ2n) is 8.15. The fourth-order valence-corrected chi connectivity index (χ4v) is 4.58. The maximum absolute atomic E-state index is 10.7. The largest absolute Gasteiger partial charge is 0.491 e. The van der Waals surface area contributed by atoms with Crippen molar-refractivity contribution in [2.45, 2.75) is 51.2 Å². The zero-order valence-electron chi connectivity index (χ0n) is 16.3. The molecule has 2 fully saturated rings. The van der Waals surface area contributed by atoms with Crippen molar-refractivity contribution in [3.05, 3.63) is 54.1 Å². The van der Waals surface area contributed by atoms with E-state index in [2.05, 4.69) is 13.0 Å². The highest BCUT2D eigenvalue weighted by molar-refractivity contribution is 5.66. The smallest absolute Gasteiger partial charge is 0.303 e. The molecule has 5 atom stereocenters. The number of ether oxygens (including phenoxy) is 1. The van der Waals surface area contributed by atoms with Crippen molar-refractivity contribution in [1.82, 2.24) is 0 Å². The number of aliphatic hydroxyl groups is 2. The number of allylic oxidation sites excluding steroid dienone is 2. The summed E-state index contributed by atoms with van der Waals surface area (Å²) < 4.78 is 5.58. The molecule has 3 rings (SSSR count). The highest BCUT2D eigenvalue weighted by atomic mass is 16.5. The molecule has 0 amide bonds. The average Bonchev–Trinajstić information content (AvgIpc) is 2.68. The number of aliphatic hydroxyl groups excluding tert-OH is 2. The van der Waals surface area contributed by atoms with Crippen molar-refractivity contribution >= 4 is 5.97 Å². The maximum atomic E-state index is 10.7. The molecule has 5 heteroatoms. The number of hydrogen-bond acceptors (Lipinski definition) is 4. The maximum Gasteiger partial charge on any atom is 0.303 e. The van der Waals surface area contributed by atoms with Crippen LogP contribution in [0.2, 0.25) is 0 Å². The van der Waals surface area contributed by atoms with Crippen LogP contribution in [0.4, 0.5) is 0 Å².